The minimum atomic E-state index is -0.217. The molecule has 1 aromatic carbocycles. The van der Waals surface area contributed by atoms with Gasteiger partial charge in [0.1, 0.15) is 0 Å². The second-order valence-electron chi connectivity index (χ2n) is 7.59. The first kappa shape index (κ1) is 23.3. The number of hydrogen-bond donors (Lipinski definition) is 2. The summed E-state index contributed by atoms with van der Waals surface area (Å²) < 4.78 is 0. The summed E-state index contributed by atoms with van der Waals surface area (Å²) in [5.41, 5.74) is 0.744. The molecule has 0 spiro atoms. The van der Waals surface area contributed by atoms with Gasteiger partial charge in [0.15, 0.2) is 0 Å². The third kappa shape index (κ3) is 7.07. The maximum Gasteiger partial charge on any atom is 0.233 e. The number of benzene rings is 1. The largest absolute Gasteiger partial charge is 0.352 e. The van der Waals surface area contributed by atoms with Gasteiger partial charge in [0.05, 0.1) is 5.25 Å². The number of amides is 3. The number of thioether (sulfide) groups is 1. The Morgan fingerprint density at radius 2 is 1.69 bits per heavy atom. The predicted octanol–water partition coefficient (Wildman–Crippen LogP) is 3.67. The van der Waals surface area contributed by atoms with Crippen LogP contribution in [0.5, 0.6) is 0 Å². The molecule has 1 saturated heterocycles. The zero-order valence-corrected chi connectivity index (χ0v) is 18.7. The van der Waals surface area contributed by atoms with Crippen molar-refractivity contribution in [3.05, 3.63) is 24.3 Å². The maximum absolute atomic E-state index is 12.6. The highest BCUT2D eigenvalue weighted by atomic mass is 32.2. The molecule has 1 heterocycles. The van der Waals surface area contributed by atoms with Gasteiger partial charge in [-0.3, -0.25) is 14.4 Å². The van der Waals surface area contributed by atoms with Gasteiger partial charge >= 0.3 is 0 Å². The second-order valence-corrected chi connectivity index (χ2v) is 9.00. The van der Waals surface area contributed by atoms with Gasteiger partial charge in [0.25, 0.3) is 0 Å². The van der Waals surface area contributed by atoms with Crippen molar-refractivity contribution < 1.29 is 14.4 Å². The minimum absolute atomic E-state index is 0.0192. The molecule has 7 heteroatoms. The summed E-state index contributed by atoms with van der Waals surface area (Å²) in [6.45, 7) is 8.92. The molecule has 29 heavy (non-hydrogen) atoms. The molecule has 1 atom stereocenters. The lowest BCUT2D eigenvalue weighted by molar-refractivity contribution is -0.137. The van der Waals surface area contributed by atoms with Crippen molar-refractivity contribution in [1.82, 2.24) is 10.2 Å². The lowest BCUT2D eigenvalue weighted by Crippen LogP contribution is -2.49. The molecule has 2 rings (SSSR count). The van der Waals surface area contributed by atoms with E-state index in [1.54, 1.807) is 0 Å². The van der Waals surface area contributed by atoms with Gasteiger partial charge in [-0.25, -0.2) is 0 Å². The lowest BCUT2D eigenvalue weighted by atomic mass is 9.98. The zero-order chi connectivity index (χ0) is 21.4. The Morgan fingerprint density at radius 3 is 2.21 bits per heavy atom. The number of rotatable bonds is 8. The van der Waals surface area contributed by atoms with E-state index in [9.17, 15) is 14.4 Å². The third-order valence-electron chi connectivity index (χ3n) is 5.34. The van der Waals surface area contributed by atoms with Crippen LogP contribution in [0.2, 0.25) is 0 Å². The molecule has 3 amide bonds. The normalized spacial score (nSPS) is 15.8. The van der Waals surface area contributed by atoms with Crippen LogP contribution in [0.4, 0.5) is 5.69 Å². The van der Waals surface area contributed by atoms with Crippen LogP contribution in [-0.4, -0.2) is 47.0 Å². The number of nitrogens with one attached hydrogen (secondary N) is 2. The monoisotopic (exact) mass is 419 g/mol. The second kappa shape index (κ2) is 11.2. The SMILES string of the molecule is CCC(CC)C(=O)N1CCC(NC(=O)C(C)Sc2ccc(NC(C)=O)cc2)CC1. The molecule has 160 valence electrons. The van der Waals surface area contributed by atoms with Crippen LogP contribution in [0.1, 0.15) is 53.4 Å². The molecule has 2 N–H and O–H groups in total. The van der Waals surface area contributed by atoms with E-state index in [-0.39, 0.29) is 34.9 Å². The van der Waals surface area contributed by atoms with E-state index in [1.807, 2.05) is 36.1 Å². The molecule has 0 aromatic heterocycles. The molecule has 0 radical (unpaired) electrons. The summed E-state index contributed by atoms with van der Waals surface area (Å²) in [6, 6.07) is 7.60. The average Bonchev–Trinajstić information content (AvgIpc) is 2.70. The summed E-state index contributed by atoms with van der Waals surface area (Å²) in [7, 11) is 0. The first-order valence-corrected chi connectivity index (χ1v) is 11.3. The van der Waals surface area contributed by atoms with Crippen molar-refractivity contribution in [2.45, 2.75) is 69.6 Å². The van der Waals surface area contributed by atoms with Crippen LogP contribution >= 0.6 is 11.8 Å². The van der Waals surface area contributed by atoms with Crippen LogP contribution in [0.15, 0.2) is 29.2 Å². The van der Waals surface area contributed by atoms with Crippen molar-refractivity contribution in [2.75, 3.05) is 18.4 Å². The molecule has 1 unspecified atom stereocenters. The highest BCUT2D eigenvalue weighted by Crippen LogP contribution is 2.25. The molecule has 0 aliphatic carbocycles. The molecule has 1 fully saturated rings. The van der Waals surface area contributed by atoms with E-state index < -0.39 is 0 Å². The van der Waals surface area contributed by atoms with Crippen molar-refractivity contribution in [3.63, 3.8) is 0 Å². The van der Waals surface area contributed by atoms with E-state index >= 15 is 0 Å². The Hall–Kier alpha value is -2.02. The van der Waals surface area contributed by atoms with E-state index in [0.717, 1.165) is 36.3 Å². The summed E-state index contributed by atoms with van der Waals surface area (Å²) in [5.74, 6) is 0.289. The number of carbonyl (C=O) groups excluding carboxylic acids is 3. The fourth-order valence-corrected chi connectivity index (χ4v) is 4.41. The van der Waals surface area contributed by atoms with Crippen molar-refractivity contribution in [2.24, 2.45) is 5.92 Å². The van der Waals surface area contributed by atoms with Crippen molar-refractivity contribution in [1.29, 1.82) is 0 Å². The van der Waals surface area contributed by atoms with Crippen molar-refractivity contribution >= 4 is 35.2 Å². The molecule has 1 aliphatic rings. The van der Waals surface area contributed by atoms with E-state index in [2.05, 4.69) is 24.5 Å². The van der Waals surface area contributed by atoms with Gasteiger partial charge < -0.3 is 15.5 Å². The quantitative estimate of drug-likeness (QED) is 0.630. The minimum Gasteiger partial charge on any atom is -0.352 e. The smallest absolute Gasteiger partial charge is 0.233 e. The van der Waals surface area contributed by atoms with Gasteiger partial charge in [-0.05, 0) is 56.9 Å². The fraction of sp³-hybridized carbons (Fsp3) is 0.591. The summed E-state index contributed by atoms with van der Waals surface area (Å²) in [5, 5.41) is 5.65. The number of hydrogen-bond acceptors (Lipinski definition) is 4. The van der Waals surface area contributed by atoms with Crippen LogP contribution in [0.25, 0.3) is 0 Å². The molecular weight excluding hydrogens is 386 g/mol. The lowest BCUT2D eigenvalue weighted by Gasteiger charge is -2.34. The zero-order valence-electron chi connectivity index (χ0n) is 17.9. The maximum atomic E-state index is 12.6. The van der Waals surface area contributed by atoms with E-state index in [4.69, 9.17) is 0 Å². The Morgan fingerprint density at radius 1 is 1.10 bits per heavy atom. The number of anilines is 1. The van der Waals surface area contributed by atoms with Crippen LogP contribution in [0, 0.1) is 5.92 Å². The van der Waals surface area contributed by atoms with Crippen LogP contribution in [-0.2, 0) is 14.4 Å². The van der Waals surface area contributed by atoms with Gasteiger partial charge in [-0.1, -0.05) is 13.8 Å². The Balaban J connectivity index is 1.78. The van der Waals surface area contributed by atoms with Gasteiger partial charge in [0, 0.05) is 42.6 Å². The fourth-order valence-electron chi connectivity index (χ4n) is 3.54. The number of piperidine rings is 1. The van der Waals surface area contributed by atoms with Crippen LogP contribution < -0.4 is 10.6 Å². The van der Waals surface area contributed by atoms with Gasteiger partial charge in [-0.2, -0.15) is 0 Å². The third-order valence-corrected chi connectivity index (χ3v) is 6.46. The van der Waals surface area contributed by atoms with E-state index in [1.165, 1.54) is 18.7 Å². The first-order chi connectivity index (χ1) is 13.8. The highest BCUT2D eigenvalue weighted by Gasteiger charge is 2.28. The Bertz CT molecular complexity index is 696. The standard InChI is InChI=1S/C22H33N3O3S/c1-5-17(6-2)22(28)25-13-11-19(12-14-25)24-21(27)15(3)29-20-9-7-18(8-10-20)23-16(4)26/h7-10,15,17,19H,5-6,11-14H2,1-4H3,(H,23,26)(H,24,27). The van der Waals surface area contributed by atoms with E-state index in [0.29, 0.717) is 13.1 Å². The van der Waals surface area contributed by atoms with Crippen LogP contribution in [0.3, 0.4) is 0 Å². The molecule has 1 aliphatic heterocycles. The molecule has 6 nitrogen and oxygen atoms in total. The molecule has 0 saturated carbocycles. The summed E-state index contributed by atoms with van der Waals surface area (Å²) in [4.78, 5) is 39.1. The average molecular weight is 420 g/mol. The van der Waals surface area contributed by atoms with Gasteiger partial charge in [-0.15, -0.1) is 11.8 Å². The predicted molar refractivity (Wildman–Crippen MR) is 118 cm³/mol. The molecule has 1 aromatic rings. The number of likely N-dealkylation sites (tertiary alicyclic amines) is 1. The Kier molecular flexibility index (Phi) is 9.01. The number of carbonyl (C=O) groups is 3. The Labute approximate surface area is 178 Å². The van der Waals surface area contributed by atoms with Crippen molar-refractivity contribution in [3.8, 4) is 0 Å². The van der Waals surface area contributed by atoms with Gasteiger partial charge in [0.2, 0.25) is 17.7 Å². The molecular formula is C22H33N3O3S. The molecule has 0 bridgehead atoms. The topological polar surface area (TPSA) is 78.5 Å². The number of nitrogens with zero attached hydrogens (tertiary/aromatic N) is 1. The summed E-state index contributed by atoms with van der Waals surface area (Å²) in [6.07, 6.45) is 3.37. The highest BCUT2D eigenvalue weighted by molar-refractivity contribution is 8.00. The summed E-state index contributed by atoms with van der Waals surface area (Å²) >= 11 is 1.49. The first-order valence-electron chi connectivity index (χ1n) is 10.5.